The summed E-state index contributed by atoms with van der Waals surface area (Å²) in [5.74, 6) is -0.338. The van der Waals surface area contributed by atoms with Crippen molar-refractivity contribution in [3.63, 3.8) is 0 Å². The first-order valence-corrected chi connectivity index (χ1v) is 4.74. The zero-order valence-electron chi connectivity index (χ0n) is 8.28. The number of guanidine groups is 1. The third-order valence-electron chi connectivity index (χ3n) is 1.83. The molecule has 0 aromatic rings. The molecule has 0 saturated heterocycles. The fraction of sp³-hybridized carbons (Fsp3) is 0.222. The van der Waals surface area contributed by atoms with E-state index >= 15 is 0 Å². The van der Waals surface area contributed by atoms with Crippen LogP contribution in [0.2, 0.25) is 0 Å². The van der Waals surface area contributed by atoms with E-state index in [0.717, 1.165) is 4.90 Å². The molecule has 0 heterocycles. The van der Waals surface area contributed by atoms with Gasteiger partial charge < -0.3 is 11.1 Å². The van der Waals surface area contributed by atoms with Gasteiger partial charge >= 0.3 is 6.03 Å². The molecule has 0 unspecified atom stereocenters. The SMILES string of the molecule is CNC(=O)N(C(=N)N)C1=CC(=S)CC=C1. The fourth-order valence-corrected chi connectivity index (χ4v) is 1.40. The number of allylic oxidation sites excluding steroid dienone is 3. The number of nitrogens with zero attached hydrogens (tertiary/aromatic N) is 1. The first-order valence-electron chi connectivity index (χ1n) is 4.33. The standard InChI is InChI=1S/C9H12N4OS/c1-12-9(14)13(8(10)11)6-3-2-4-7(15)5-6/h2-3,5H,4H2,1H3,(H3,10,11)(H,12,14). The van der Waals surface area contributed by atoms with Crippen LogP contribution in [0.1, 0.15) is 6.42 Å². The van der Waals surface area contributed by atoms with Crippen LogP contribution in [0.25, 0.3) is 0 Å². The summed E-state index contributed by atoms with van der Waals surface area (Å²) in [4.78, 5) is 13.2. The van der Waals surface area contributed by atoms with Gasteiger partial charge in [0.15, 0.2) is 0 Å². The van der Waals surface area contributed by atoms with Gasteiger partial charge in [-0.25, -0.2) is 9.69 Å². The molecule has 0 aromatic heterocycles. The van der Waals surface area contributed by atoms with Gasteiger partial charge in [-0.3, -0.25) is 5.41 Å². The third-order valence-corrected chi connectivity index (χ3v) is 2.12. The van der Waals surface area contributed by atoms with Crippen molar-refractivity contribution >= 4 is 29.1 Å². The highest BCUT2D eigenvalue weighted by atomic mass is 32.1. The van der Waals surface area contributed by atoms with Crippen molar-refractivity contribution in [2.45, 2.75) is 6.42 Å². The highest BCUT2D eigenvalue weighted by Gasteiger charge is 2.19. The summed E-state index contributed by atoms with van der Waals surface area (Å²) in [5, 5.41) is 9.72. The number of hydrogen-bond donors (Lipinski definition) is 3. The molecule has 0 atom stereocenters. The fourth-order valence-electron chi connectivity index (χ4n) is 1.18. The summed E-state index contributed by atoms with van der Waals surface area (Å²) in [5.41, 5.74) is 5.83. The Morgan fingerprint density at radius 2 is 2.40 bits per heavy atom. The molecule has 6 heteroatoms. The summed E-state index contributed by atoms with van der Waals surface area (Å²) in [6.45, 7) is 0. The largest absolute Gasteiger partial charge is 0.369 e. The molecule has 0 radical (unpaired) electrons. The lowest BCUT2D eigenvalue weighted by atomic mass is 10.1. The summed E-state index contributed by atoms with van der Waals surface area (Å²) in [6.07, 6.45) is 5.88. The van der Waals surface area contributed by atoms with E-state index in [9.17, 15) is 4.79 Å². The first kappa shape index (κ1) is 11.4. The maximum Gasteiger partial charge on any atom is 0.328 e. The second kappa shape index (κ2) is 4.70. The minimum absolute atomic E-state index is 0.338. The number of carbonyl (C=O) groups excluding carboxylic acids is 1. The highest BCUT2D eigenvalue weighted by molar-refractivity contribution is 7.80. The lowest BCUT2D eigenvalue weighted by Crippen LogP contribution is -2.45. The summed E-state index contributed by atoms with van der Waals surface area (Å²) in [6, 6.07) is -0.455. The van der Waals surface area contributed by atoms with Crippen LogP contribution in [-0.4, -0.2) is 28.8 Å². The van der Waals surface area contributed by atoms with E-state index in [1.54, 1.807) is 12.2 Å². The Hall–Kier alpha value is -1.69. The second-order valence-electron chi connectivity index (χ2n) is 2.92. The van der Waals surface area contributed by atoms with Crippen LogP contribution in [0.15, 0.2) is 23.9 Å². The van der Waals surface area contributed by atoms with Gasteiger partial charge in [-0.05, 0) is 12.2 Å². The normalized spacial score (nSPS) is 14.5. The molecule has 4 N–H and O–H groups in total. The molecule has 0 spiro atoms. The second-order valence-corrected chi connectivity index (χ2v) is 3.44. The van der Waals surface area contributed by atoms with Crippen molar-refractivity contribution in [2.24, 2.45) is 5.73 Å². The monoisotopic (exact) mass is 224 g/mol. The van der Waals surface area contributed by atoms with Crippen molar-refractivity contribution in [3.05, 3.63) is 23.9 Å². The Bertz CT molecular complexity index is 372. The van der Waals surface area contributed by atoms with Crippen molar-refractivity contribution in [3.8, 4) is 0 Å². The number of hydrogen-bond acceptors (Lipinski definition) is 3. The molecule has 0 aliphatic heterocycles. The van der Waals surface area contributed by atoms with Crippen molar-refractivity contribution in [2.75, 3.05) is 7.05 Å². The smallest absolute Gasteiger partial charge is 0.328 e. The van der Waals surface area contributed by atoms with E-state index < -0.39 is 6.03 Å². The molecule has 0 fully saturated rings. The Balaban J connectivity index is 3.00. The highest BCUT2D eigenvalue weighted by Crippen LogP contribution is 2.13. The molecular weight excluding hydrogens is 212 g/mol. The first-order chi connectivity index (χ1) is 7.06. The molecule has 0 saturated carbocycles. The molecule has 0 aromatic carbocycles. The van der Waals surface area contributed by atoms with E-state index in [-0.39, 0.29) is 5.96 Å². The molecule has 0 bridgehead atoms. The van der Waals surface area contributed by atoms with Crippen LogP contribution in [0, 0.1) is 5.41 Å². The maximum absolute atomic E-state index is 11.4. The lowest BCUT2D eigenvalue weighted by Gasteiger charge is -2.22. The Kier molecular flexibility index (Phi) is 3.56. The molecule has 1 aliphatic rings. The minimum Gasteiger partial charge on any atom is -0.369 e. The zero-order valence-corrected chi connectivity index (χ0v) is 9.10. The minimum atomic E-state index is -0.455. The summed E-state index contributed by atoms with van der Waals surface area (Å²) < 4.78 is 0. The quantitative estimate of drug-likeness (QED) is 0.349. The molecule has 2 amide bonds. The van der Waals surface area contributed by atoms with Crippen LogP contribution >= 0.6 is 12.2 Å². The van der Waals surface area contributed by atoms with Crippen molar-refractivity contribution in [1.29, 1.82) is 5.41 Å². The van der Waals surface area contributed by atoms with E-state index in [0.29, 0.717) is 17.0 Å². The molecular formula is C9H12N4OS. The lowest BCUT2D eigenvalue weighted by molar-refractivity contribution is 0.230. The molecule has 5 nitrogen and oxygen atoms in total. The number of amides is 2. The van der Waals surface area contributed by atoms with E-state index in [1.165, 1.54) is 7.05 Å². The number of carbonyl (C=O) groups is 1. The molecule has 15 heavy (non-hydrogen) atoms. The van der Waals surface area contributed by atoms with Crippen LogP contribution in [-0.2, 0) is 0 Å². The maximum atomic E-state index is 11.4. The van der Waals surface area contributed by atoms with Crippen molar-refractivity contribution < 1.29 is 4.79 Å². The number of urea groups is 1. The van der Waals surface area contributed by atoms with E-state index in [1.807, 2.05) is 6.08 Å². The Morgan fingerprint density at radius 1 is 1.73 bits per heavy atom. The Morgan fingerprint density at radius 3 is 2.87 bits per heavy atom. The van der Waals surface area contributed by atoms with E-state index in [4.69, 9.17) is 23.4 Å². The summed E-state index contributed by atoms with van der Waals surface area (Å²) in [7, 11) is 1.48. The van der Waals surface area contributed by atoms with Crippen LogP contribution < -0.4 is 11.1 Å². The predicted molar refractivity (Wildman–Crippen MR) is 62.6 cm³/mol. The van der Waals surface area contributed by atoms with Gasteiger partial charge in [-0.2, -0.15) is 0 Å². The summed E-state index contributed by atoms with van der Waals surface area (Å²) >= 11 is 5.01. The van der Waals surface area contributed by atoms with Crippen LogP contribution in [0.5, 0.6) is 0 Å². The average Bonchev–Trinajstić information content (AvgIpc) is 2.17. The predicted octanol–water partition coefficient (Wildman–Crippen LogP) is 0.735. The number of nitrogens with one attached hydrogen (secondary N) is 2. The Labute approximate surface area is 93.1 Å². The van der Waals surface area contributed by atoms with Crippen LogP contribution in [0.3, 0.4) is 0 Å². The number of rotatable bonds is 1. The molecule has 1 rings (SSSR count). The molecule has 1 aliphatic carbocycles. The molecule has 80 valence electrons. The van der Waals surface area contributed by atoms with Gasteiger partial charge in [-0.15, -0.1) is 0 Å². The topological polar surface area (TPSA) is 82.2 Å². The van der Waals surface area contributed by atoms with Gasteiger partial charge in [0.1, 0.15) is 0 Å². The average molecular weight is 224 g/mol. The van der Waals surface area contributed by atoms with Crippen molar-refractivity contribution in [1.82, 2.24) is 10.2 Å². The number of nitrogens with two attached hydrogens (primary N) is 1. The van der Waals surface area contributed by atoms with E-state index in [2.05, 4.69) is 5.32 Å². The van der Waals surface area contributed by atoms with Crippen LogP contribution in [0.4, 0.5) is 4.79 Å². The third kappa shape index (κ3) is 2.63. The van der Waals surface area contributed by atoms with Gasteiger partial charge in [0.25, 0.3) is 0 Å². The van der Waals surface area contributed by atoms with Gasteiger partial charge in [0.2, 0.25) is 5.96 Å². The zero-order chi connectivity index (χ0) is 11.4. The van der Waals surface area contributed by atoms with Gasteiger partial charge in [0.05, 0.1) is 5.70 Å². The van der Waals surface area contributed by atoms with Gasteiger partial charge in [0, 0.05) is 18.3 Å². The van der Waals surface area contributed by atoms with Gasteiger partial charge in [-0.1, -0.05) is 18.3 Å². The number of thiocarbonyl (C=S) groups is 1.